The number of hydrogen-bond donors (Lipinski definition) is 2. The van der Waals surface area contributed by atoms with Crippen molar-refractivity contribution in [3.63, 3.8) is 0 Å². The van der Waals surface area contributed by atoms with Crippen LogP contribution in [-0.2, 0) is 4.79 Å². The van der Waals surface area contributed by atoms with Gasteiger partial charge in [0.15, 0.2) is 0 Å². The molecule has 2 aliphatic heterocycles. The third kappa shape index (κ3) is 3.63. The molecular weight excluding hydrogens is 280 g/mol. The van der Waals surface area contributed by atoms with Gasteiger partial charge in [-0.05, 0) is 44.4 Å². The number of carbonyl (C=O) groups is 1. The quantitative estimate of drug-likeness (QED) is 0.808. The number of carbonyl (C=O) groups excluding carboxylic acids is 1. The Balaban J connectivity index is 1.44. The summed E-state index contributed by atoms with van der Waals surface area (Å²) in [5.74, 6) is 1.33. The van der Waals surface area contributed by atoms with Crippen LogP contribution in [0.4, 0.5) is 0 Å². The molecule has 2 saturated heterocycles. The van der Waals surface area contributed by atoms with Gasteiger partial charge in [0.2, 0.25) is 5.91 Å². The first-order chi connectivity index (χ1) is 10.7. The molecule has 5 nitrogen and oxygen atoms in total. The summed E-state index contributed by atoms with van der Waals surface area (Å²) in [7, 11) is 0. The van der Waals surface area contributed by atoms with Crippen LogP contribution in [0.5, 0.6) is 0 Å². The van der Waals surface area contributed by atoms with Gasteiger partial charge in [0.25, 0.3) is 0 Å². The zero-order valence-electron chi connectivity index (χ0n) is 13.5. The van der Waals surface area contributed by atoms with Crippen LogP contribution in [0.3, 0.4) is 0 Å². The Kier molecular flexibility index (Phi) is 5.37. The lowest BCUT2D eigenvalue weighted by molar-refractivity contribution is -0.139. The number of rotatable bonds is 4. The summed E-state index contributed by atoms with van der Waals surface area (Å²) in [6, 6.07) is 0.110. The van der Waals surface area contributed by atoms with Crippen LogP contribution >= 0.6 is 0 Å². The molecule has 0 bridgehead atoms. The molecule has 5 heteroatoms. The molecule has 3 aliphatic rings. The van der Waals surface area contributed by atoms with Crippen LogP contribution in [0.2, 0.25) is 0 Å². The van der Waals surface area contributed by atoms with Crippen molar-refractivity contribution in [2.45, 2.75) is 57.1 Å². The molecule has 0 aromatic heterocycles. The van der Waals surface area contributed by atoms with Crippen LogP contribution in [-0.4, -0.2) is 70.9 Å². The van der Waals surface area contributed by atoms with Crippen molar-refractivity contribution < 1.29 is 15.0 Å². The van der Waals surface area contributed by atoms with E-state index in [9.17, 15) is 15.0 Å². The third-order valence-corrected chi connectivity index (χ3v) is 5.89. The Bertz CT molecular complexity index is 378. The van der Waals surface area contributed by atoms with E-state index in [1.807, 2.05) is 0 Å². The Morgan fingerprint density at radius 1 is 1.05 bits per heavy atom. The summed E-state index contributed by atoms with van der Waals surface area (Å²) in [4.78, 5) is 16.7. The van der Waals surface area contributed by atoms with Crippen LogP contribution in [0, 0.1) is 11.8 Å². The second-order valence-corrected chi connectivity index (χ2v) is 7.41. The Hall–Kier alpha value is -0.650. The molecule has 0 aromatic carbocycles. The highest BCUT2D eigenvalue weighted by molar-refractivity contribution is 5.79. The maximum atomic E-state index is 12.3. The van der Waals surface area contributed by atoms with Crippen LogP contribution in [0.15, 0.2) is 0 Å². The molecule has 0 aromatic rings. The molecule has 1 saturated carbocycles. The lowest BCUT2D eigenvalue weighted by Gasteiger charge is -2.41. The van der Waals surface area contributed by atoms with E-state index in [-0.39, 0.29) is 18.8 Å². The van der Waals surface area contributed by atoms with E-state index in [1.165, 1.54) is 6.42 Å². The number of hydrogen-bond acceptors (Lipinski definition) is 4. The number of aliphatic hydroxyl groups is 2. The van der Waals surface area contributed by atoms with Gasteiger partial charge in [-0.25, -0.2) is 0 Å². The van der Waals surface area contributed by atoms with Gasteiger partial charge in [-0.15, -0.1) is 0 Å². The van der Waals surface area contributed by atoms with Crippen molar-refractivity contribution in [2.24, 2.45) is 11.8 Å². The van der Waals surface area contributed by atoms with Gasteiger partial charge in [0.1, 0.15) is 0 Å². The van der Waals surface area contributed by atoms with Gasteiger partial charge in [-0.3, -0.25) is 9.69 Å². The molecule has 2 heterocycles. The van der Waals surface area contributed by atoms with Crippen molar-refractivity contribution in [3.05, 3.63) is 0 Å². The lowest BCUT2D eigenvalue weighted by atomic mass is 9.83. The monoisotopic (exact) mass is 310 g/mol. The lowest BCUT2D eigenvalue weighted by Crippen LogP contribution is -2.50. The topological polar surface area (TPSA) is 64.0 Å². The van der Waals surface area contributed by atoms with Gasteiger partial charge in [0, 0.05) is 38.1 Å². The maximum Gasteiger partial charge on any atom is 0.225 e. The third-order valence-electron chi connectivity index (χ3n) is 5.89. The molecule has 2 N–H and O–H groups in total. The number of amides is 1. The highest BCUT2D eigenvalue weighted by Crippen LogP contribution is 2.30. The van der Waals surface area contributed by atoms with E-state index in [4.69, 9.17) is 0 Å². The minimum atomic E-state index is -0.254. The SMILES string of the molecule is O=C(C1CCC1)N1CCC(CN2CCC(O)CC2CO)CC1. The fourth-order valence-corrected chi connectivity index (χ4v) is 4.09. The van der Waals surface area contributed by atoms with Gasteiger partial charge < -0.3 is 15.1 Å². The fourth-order valence-electron chi connectivity index (χ4n) is 4.09. The predicted octanol–water partition coefficient (Wildman–Crippen LogP) is 0.843. The summed E-state index contributed by atoms with van der Waals surface area (Å²) in [5.41, 5.74) is 0. The minimum Gasteiger partial charge on any atom is -0.395 e. The molecule has 2 atom stereocenters. The summed E-state index contributed by atoms with van der Waals surface area (Å²) < 4.78 is 0. The Morgan fingerprint density at radius 2 is 1.77 bits per heavy atom. The molecule has 3 fully saturated rings. The fraction of sp³-hybridized carbons (Fsp3) is 0.941. The smallest absolute Gasteiger partial charge is 0.225 e. The van der Waals surface area contributed by atoms with Gasteiger partial charge >= 0.3 is 0 Å². The molecule has 22 heavy (non-hydrogen) atoms. The Morgan fingerprint density at radius 3 is 2.36 bits per heavy atom. The average molecular weight is 310 g/mol. The molecular formula is C17H30N2O3. The van der Waals surface area contributed by atoms with Crippen molar-refractivity contribution in [2.75, 3.05) is 32.8 Å². The summed E-state index contributed by atoms with van der Waals surface area (Å²) >= 11 is 0. The number of aliphatic hydroxyl groups excluding tert-OH is 2. The van der Waals surface area contributed by atoms with Crippen LogP contribution in [0.25, 0.3) is 0 Å². The first-order valence-corrected chi connectivity index (χ1v) is 8.99. The maximum absolute atomic E-state index is 12.3. The molecule has 2 unspecified atom stereocenters. The van der Waals surface area contributed by atoms with Crippen molar-refractivity contribution in [3.8, 4) is 0 Å². The largest absolute Gasteiger partial charge is 0.395 e. The highest BCUT2D eigenvalue weighted by atomic mass is 16.3. The van der Waals surface area contributed by atoms with Gasteiger partial charge in [-0.1, -0.05) is 6.42 Å². The first-order valence-electron chi connectivity index (χ1n) is 8.99. The van der Waals surface area contributed by atoms with Gasteiger partial charge in [-0.2, -0.15) is 0 Å². The Labute approximate surface area is 133 Å². The van der Waals surface area contributed by atoms with E-state index >= 15 is 0 Å². The zero-order chi connectivity index (χ0) is 15.5. The van der Waals surface area contributed by atoms with E-state index in [0.29, 0.717) is 24.2 Å². The number of piperidine rings is 2. The normalized spacial score (nSPS) is 32.0. The molecule has 0 radical (unpaired) electrons. The summed E-state index contributed by atoms with van der Waals surface area (Å²) in [5, 5.41) is 19.2. The summed E-state index contributed by atoms with van der Waals surface area (Å²) in [6.45, 7) is 3.83. The summed E-state index contributed by atoms with van der Waals surface area (Å²) in [6.07, 6.45) is 6.81. The van der Waals surface area contributed by atoms with Crippen molar-refractivity contribution in [1.29, 1.82) is 0 Å². The molecule has 1 aliphatic carbocycles. The van der Waals surface area contributed by atoms with Crippen LogP contribution in [0.1, 0.15) is 44.9 Å². The van der Waals surface area contributed by atoms with Crippen molar-refractivity contribution >= 4 is 5.91 Å². The van der Waals surface area contributed by atoms with E-state index in [2.05, 4.69) is 9.80 Å². The molecule has 126 valence electrons. The van der Waals surface area contributed by atoms with Crippen LogP contribution < -0.4 is 0 Å². The molecule has 0 spiro atoms. The number of nitrogens with zero attached hydrogens (tertiary/aromatic N) is 2. The average Bonchev–Trinajstić information content (AvgIpc) is 2.48. The zero-order valence-corrected chi connectivity index (χ0v) is 13.5. The second-order valence-electron chi connectivity index (χ2n) is 7.41. The van der Waals surface area contributed by atoms with E-state index in [1.54, 1.807) is 0 Å². The second kappa shape index (κ2) is 7.28. The van der Waals surface area contributed by atoms with E-state index in [0.717, 1.165) is 58.3 Å². The molecule has 3 rings (SSSR count). The minimum absolute atomic E-state index is 0.110. The van der Waals surface area contributed by atoms with E-state index < -0.39 is 0 Å². The number of likely N-dealkylation sites (tertiary alicyclic amines) is 2. The highest BCUT2D eigenvalue weighted by Gasteiger charge is 2.33. The van der Waals surface area contributed by atoms with Crippen molar-refractivity contribution in [1.82, 2.24) is 9.80 Å². The van der Waals surface area contributed by atoms with Gasteiger partial charge in [0.05, 0.1) is 12.7 Å². The standard InChI is InChI=1S/C17H30N2O3/c20-12-15-10-16(21)6-9-19(15)11-13-4-7-18(8-5-13)17(22)14-2-1-3-14/h13-16,20-21H,1-12H2. The predicted molar refractivity (Wildman–Crippen MR) is 84.3 cm³/mol. The molecule has 1 amide bonds. The first kappa shape index (κ1) is 16.2.